The van der Waals surface area contributed by atoms with Gasteiger partial charge in [-0.3, -0.25) is 9.88 Å². The van der Waals surface area contributed by atoms with Crippen LogP contribution in [0, 0.1) is 5.92 Å². The van der Waals surface area contributed by atoms with E-state index in [0.29, 0.717) is 5.92 Å². The van der Waals surface area contributed by atoms with E-state index in [0.717, 1.165) is 48.4 Å². The highest BCUT2D eigenvalue weighted by molar-refractivity contribution is 6.31. The van der Waals surface area contributed by atoms with Crippen LogP contribution in [-0.2, 0) is 6.54 Å². The van der Waals surface area contributed by atoms with Crippen molar-refractivity contribution in [1.29, 1.82) is 0 Å². The molecular formula is C16H19ClN2O. The Kier molecular flexibility index (Phi) is 4.20. The Balaban J connectivity index is 1.86. The van der Waals surface area contributed by atoms with Crippen LogP contribution < -0.4 is 0 Å². The highest BCUT2D eigenvalue weighted by atomic mass is 35.5. The molecule has 0 bridgehead atoms. The molecular weight excluding hydrogens is 272 g/mol. The van der Waals surface area contributed by atoms with Gasteiger partial charge in [-0.1, -0.05) is 17.7 Å². The van der Waals surface area contributed by atoms with Crippen molar-refractivity contribution in [2.75, 3.05) is 19.7 Å². The van der Waals surface area contributed by atoms with Gasteiger partial charge in [0.05, 0.1) is 5.52 Å². The number of fused-ring (bicyclic) bond motifs is 1. The molecule has 1 atom stereocenters. The molecule has 106 valence electrons. The minimum atomic E-state index is 0.283. The van der Waals surface area contributed by atoms with E-state index in [4.69, 9.17) is 11.6 Å². The molecule has 1 fully saturated rings. The topological polar surface area (TPSA) is 36.4 Å². The summed E-state index contributed by atoms with van der Waals surface area (Å²) in [7, 11) is 0. The number of likely N-dealkylation sites (tertiary alicyclic amines) is 1. The fourth-order valence-corrected chi connectivity index (χ4v) is 3.28. The molecule has 0 saturated carbocycles. The lowest BCUT2D eigenvalue weighted by Gasteiger charge is -2.32. The first-order valence-corrected chi connectivity index (χ1v) is 7.50. The first kappa shape index (κ1) is 13.8. The van der Waals surface area contributed by atoms with Gasteiger partial charge in [-0.15, -0.1) is 0 Å². The lowest BCUT2D eigenvalue weighted by atomic mass is 9.98. The summed E-state index contributed by atoms with van der Waals surface area (Å²) in [4.78, 5) is 6.89. The summed E-state index contributed by atoms with van der Waals surface area (Å²) in [6.45, 7) is 3.17. The van der Waals surface area contributed by atoms with Crippen LogP contribution >= 0.6 is 11.6 Å². The summed E-state index contributed by atoms with van der Waals surface area (Å²) >= 11 is 6.21. The molecule has 0 aliphatic carbocycles. The number of piperidine rings is 1. The van der Waals surface area contributed by atoms with Gasteiger partial charge >= 0.3 is 0 Å². The van der Waals surface area contributed by atoms with Crippen LogP contribution in [0.5, 0.6) is 0 Å². The number of hydrogen-bond acceptors (Lipinski definition) is 3. The Bertz CT molecular complexity index is 602. The molecule has 20 heavy (non-hydrogen) atoms. The molecule has 1 unspecified atom stereocenters. The molecule has 1 aromatic carbocycles. The summed E-state index contributed by atoms with van der Waals surface area (Å²) in [6, 6.07) is 7.95. The van der Waals surface area contributed by atoms with Crippen molar-refractivity contribution in [3.05, 3.63) is 41.0 Å². The second-order valence-corrected chi connectivity index (χ2v) is 6.00. The number of aliphatic hydroxyl groups is 1. The lowest BCUT2D eigenvalue weighted by Crippen LogP contribution is -2.36. The number of aliphatic hydroxyl groups excluding tert-OH is 1. The third-order valence-corrected chi connectivity index (χ3v) is 4.22. The largest absolute Gasteiger partial charge is 0.396 e. The number of aromatic nitrogens is 1. The van der Waals surface area contributed by atoms with E-state index in [2.05, 4.69) is 9.88 Å². The van der Waals surface area contributed by atoms with Crippen molar-refractivity contribution in [3.63, 3.8) is 0 Å². The molecule has 3 rings (SSSR count). The SMILES string of the molecule is OCC1CCCN(Cc2cc(Cl)cc3cccnc23)C1. The maximum Gasteiger partial charge on any atom is 0.0747 e. The monoisotopic (exact) mass is 290 g/mol. The molecule has 1 aromatic heterocycles. The van der Waals surface area contributed by atoms with Crippen molar-refractivity contribution in [2.45, 2.75) is 19.4 Å². The number of pyridine rings is 1. The van der Waals surface area contributed by atoms with E-state index in [1.54, 1.807) is 0 Å². The van der Waals surface area contributed by atoms with E-state index in [1.807, 2.05) is 30.5 Å². The Morgan fingerprint density at radius 1 is 1.40 bits per heavy atom. The number of hydrogen-bond donors (Lipinski definition) is 1. The van der Waals surface area contributed by atoms with Crippen molar-refractivity contribution in [2.24, 2.45) is 5.92 Å². The van der Waals surface area contributed by atoms with Gasteiger partial charge in [-0.2, -0.15) is 0 Å². The van der Waals surface area contributed by atoms with Crippen LogP contribution in [-0.4, -0.2) is 34.7 Å². The van der Waals surface area contributed by atoms with Crippen LogP contribution in [0.4, 0.5) is 0 Å². The zero-order valence-corrected chi connectivity index (χ0v) is 12.2. The van der Waals surface area contributed by atoms with Gasteiger partial charge in [0.1, 0.15) is 0 Å². The summed E-state index contributed by atoms with van der Waals surface area (Å²) in [5, 5.41) is 11.2. The summed E-state index contributed by atoms with van der Waals surface area (Å²) < 4.78 is 0. The predicted octanol–water partition coefficient (Wildman–Crippen LogP) is 3.09. The minimum Gasteiger partial charge on any atom is -0.396 e. The molecule has 1 aliphatic heterocycles. The van der Waals surface area contributed by atoms with Crippen LogP contribution in [0.2, 0.25) is 5.02 Å². The van der Waals surface area contributed by atoms with Gasteiger partial charge in [-0.05, 0) is 49.1 Å². The Labute approximate surface area is 124 Å². The average Bonchev–Trinajstić information content (AvgIpc) is 2.47. The second kappa shape index (κ2) is 6.08. The highest BCUT2D eigenvalue weighted by Crippen LogP contribution is 2.25. The van der Waals surface area contributed by atoms with Crippen LogP contribution in [0.15, 0.2) is 30.5 Å². The fourth-order valence-electron chi connectivity index (χ4n) is 3.03. The van der Waals surface area contributed by atoms with Gasteiger partial charge in [0.25, 0.3) is 0 Å². The number of halogens is 1. The summed E-state index contributed by atoms with van der Waals surface area (Å²) in [6.07, 6.45) is 4.10. The normalized spacial score (nSPS) is 20.4. The van der Waals surface area contributed by atoms with Gasteiger partial charge in [0, 0.05) is 36.3 Å². The lowest BCUT2D eigenvalue weighted by molar-refractivity contribution is 0.116. The molecule has 2 aromatic rings. The van der Waals surface area contributed by atoms with E-state index >= 15 is 0 Å². The zero-order valence-electron chi connectivity index (χ0n) is 11.4. The molecule has 1 saturated heterocycles. The molecule has 4 heteroatoms. The average molecular weight is 291 g/mol. The number of benzene rings is 1. The summed E-state index contributed by atoms with van der Waals surface area (Å²) in [5.41, 5.74) is 2.20. The Hall–Kier alpha value is -1.16. The molecule has 3 nitrogen and oxygen atoms in total. The van der Waals surface area contributed by atoms with E-state index in [-0.39, 0.29) is 6.61 Å². The van der Waals surface area contributed by atoms with Crippen molar-refractivity contribution in [3.8, 4) is 0 Å². The van der Waals surface area contributed by atoms with Crippen molar-refractivity contribution >= 4 is 22.5 Å². The van der Waals surface area contributed by atoms with Crippen LogP contribution in [0.3, 0.4) is 0 Å². The maximum atomic E-state index is 9.33. The Morgan fingerprint density at radius 2 is 2.30 bits per heavy atom. The third kappa shape index (κ3) is 2.95. The molecule has 0 amide bonds. The van der Waals surface area contributed by atoms with Gasteiger partial charge in [0.15, 0.2) is 0 Å². The smallest absolute Gasteiger partial charge is 0.0747 e. The third-order valence-electron chi connectivity index (χ3n) is 4.00. The highest BCUT2D eigenvalue weighted by Gasteiger charge is 2.20. The minimum absolute atomic E-state index is 0.283. The predicted molar refractivity (Wildman–Crippen MR) is 81.8 cm³/mol. The van der Waals surface area contributed by atoms with Crippen molar-refractivity contribution in [1.82, 2.24) is 9.88 Å². The molecule has 1 N–H and O–H groups in total. The molecule has 1 aliphatic rings. The van der Waals surface area contributed by atoms with Gasteiger partial charge in [-0.25, -0.2) is 0 Å². The van der Waals surface area contributed by atoms with E-state index in [1.165, 1.54) is 5.56 Å². The van der Waals surface area contributed by atoms with E-state index < -0.39 is 0 Å². The van der Waals surface area contributed by atoms with Gasteiger partial charge < -0.3 is 5.11 Å². The second-order valence-electron chi connectivity index (χ2n) is 5.57. The van der Waals surface area contributed by atoms with Crippen molar-refractivity contribution < 1.29 is 5.11 Å². The molecule has 2 heterocycles. The van der Waals surface area contributed by atoms with Crippen LogP contribution in [0.1, 0.15) is 18.4 Å². The quantitative estimate of drug-likeness (QED) is 0.944. The molecule has 0 radical (unpaired) electrons. The Morgan fingerprint density at radius 3 is 3.15 bits per heavy atom. The number of nitrogens with zero attached hydrogens (tertiary/aromatic N) is 2. The fraction of sp³-hybridized carbons (Fsp3) is 0.438. The zero-order chi connectivity index (χ0) is 13.9. The standard InChI is InChI=1S/C16H19ClN2O/c17-15-7-13-4-1-5-18-16(13)14(8-15)10-19-6-2-3-12(9-19)11-20/h1,4-5,7-8,12,20H,2-3,6,9-11H2. The number of rotatable bonds is 3. The first-order valence-electron chi connectivity index (χ1n) is 7.12. The van der Waals surface area contributed by atoms with Gasteiger partial charge in [0.2, 0.25) is 0 Å². The first-order chi connectivity index (χ1) is 9.76. The van der Waals surface area contributed by atoms with E-state index in [9.17, 15) is 5.11 Å². The molecule has 0 spiro atoms. The maximum absolute atomic E-state index is 9.33. The summed E-state index contributed by atoms with van der Waals surface area (Å²) in [5.74, 6) is 0.405. The van der Waals surface area contributed by atoms with Crippen LogP contribution in [0.25, 0.3) is 10.9 Å².